The third-order valence-electron chi connectivity index (χ3n) is 5.20. The van der Waals surface area contributed by atoms with Crippen LogP contribution < -0.4 is 10.6 Å². The SMILES string of the molecule is CCCSc1nnc(N2C(N)=C(C#N)C(c3ccc(Cl)cc3Cl)C3=C2CCCC3=O)s1. The van der Waals surface area contributed by atoms with E-state index < -0.39 is 5.92 Å². The number of nitriles is 1. The van der Waals surface area contributed by atoms with Gasteiger partial charge in [-0.3, -0.25) is 9.69 Å². The van der Waals surface area contributed by atoms with Crippen LogP contribution in [-0.4, -0.2) is 21.7 Å². The highest BCUT2D eigenvalue weighted by atomic mass is 35.5. The summed E-state index contributed by atoms with van der Waals surface area (Å²) in [6, 6.07) is 7.30. The second-order valence-electron chi connectivity index (χ2n) is 7.18. The van der Waals surface area contributed by atoms with E-state index in [-0.39, 0.29) is 17.2 Å². The first-order valence-electron chi connectivity index (χ1n) is 9.83. The lowest BCUT2D eigenvalue weighted by Crippen LogP contribution is -2.38. The predicted molar refractivity (Wildman–Crippen MR) is 125 cm³/mol. The molecule has 160 valence electrons. The standard InChI is InChI=1S/C21H19Cl2N5OS2/c1-2-8-30-21-27-26-20(31-21)28-15-4-3-5-16(29)18(15)17(13(10-24)19(28)25)12-7-6-11(22)9-14(12)23/h6-7,9,17H,2-5,8,25H2,1H3. The van der Waals surface area contributed by atoms with E-state index in [0.717, 1.165) is 22.2 Å². The molecular weight excluding hydrogens is 473 g/mol. The first-order valence-corrected chi connectivity index (χ1v) is 12.4. The summed E-state index contributed by atoms with van der Waals surface area (Å²) in [5.41, 5.74) is 8.78. The molecule has 0 bridgehead atoms. The number of carbonyl (C=O) groups excluding carboxylic acids is 1. The maximum Gasteiger partial charge on any atom is 0.219 e. The van der Waals surface area contributed by atoms with Gasteiger partial charge < -0.3 is 5.73 Å². The molecule has 31 heavy (non-hydrogen) atoms. The van der Waals surface area contributed by atoms with Crippen LogP contribution in [0.2, 0.25) is 10.0 Å². The molecule has 1 aromatic carbocycles. The summed E-state index contributed by atoms with van der Waals surface area (Å²) in [6.07, 6.45) is 2.80. The molecule has 0 radical (unpaired) electrons. The summed E-state index contributed by atoms with van der Waals surface area (Å²) in [7, 11) is 0. The van der Waals surface area contributed by atoms with Crippen LogP contribution in [0.5, 0.6) is 0 Å². The molecule has 0 spiro atoms. The second-order valence-corrected chi connectivity index (χ2v) is 10.3. The highest BCUT2D eigenvalue weighted by Crippen LogP contribution is 2.48. The number of nitrogens with zero attached hydrogens (tertiary/aromatic N) is 4. The summed E-state index contributed by atoms with van der Waals surface area (Å²) in [5.74, 6) is 0.561. The normalized spacial score (nSPS) is 19.0. The van der Waals surface area contributed by atoms with E-state index in [2.05, 4.69) is 23.2 Å². The Morgan fingerprint density at radius 2 is 2.16 bits per heavy atom. The van der Waals surface area contributed by atoms with Crippen LogP contribution in [0.4, 0.5) is 5.13 Å². The van der Waals surface area contributed by atoms with Crippen LogP contribution in [0.15, 0.2) is 45.2 Å². The van der Waals surface area contributed by atoms with Gasteiger partial charge in [0.15, 0.2) is 10.1 Å². The molecule has 2 aliphatic rings. The summed E-state index contributed by atoms with van der Waals surface area (Å²) in [6.45, 7) is 2.10. The Kier molecular flexibility index (Phi) is 6.58. The number of carbonyl (C=O) groups is 1. The van der Waals surface area contributed by atoms with Crippen LogP contribution in [0, 0.1) is 11.3 Å². The van der Waals surface area contributed by atoms with Gasteiger partial charge in [0, 0.05) is 33.5 Å². The first kappa shape index (κ1) is 22.2. The van der Waals surface area contributed by atoms with Crippen molar-refractivity contribution in [1.29, 1.82) is 5.26 Å². The van der Waals surface area contributed by atoms with Crippen molar-refractivity contribution in [2.75, 3.05) is 10.7 Å². The molecule has 0 fully saturated rings. The van der Waals surface area contributed by atoms with Gasteiger partial charge in [-0.15, -0.1) is 10.2 Å². The van der Waals surface area contributed by atoms with Crippen molar-refractivity contribution >= 4 is 57.2 Å². The highest BCUT2D eigenvalue weighted by molar-refractivity contribution is 8.01. The van der Waals surface area contributed by atoms with Gasteiger partial charge in [0.25, 0.3) is 0 Å². The number of nitrogens with two attached hydrogens (primary N) is 1. The smallest absolute Gasteiger partial charge is 0.219 e. The topological polar surface area (TPSA) is 95.9 Å². The van der Waals surface area contributed by atoms with Crippen molar-refractivity contribution < 1.29 is 4.79 Å². The number of Topliss-reactive ketones (excluding diaryl/α,β-unsaturated/α-hetero) is 1. The fourth-order valence-corrected chi connectivity index (χ4v) is 6.22. The Morgan fingerprint density at radius 3 is 2.87 bits per heavy atom. The van der Waals surface area contributed by atoms with E-state index in [1.165, 1.54) is 11.3 Å². The van der Waals surface area contributed by atoms with Crippen molar-refractivity contribution in [3.63, 3.8) is 0 Å². The maximum absolute atomic E-state index is 13.1. The second kappa shape index (κ2) is 9.21. The van der Waals surface area contributed by atoms with Crippen LogP contribution in [0.1, 0.15) is 44.1 Å². The number of hydrogen-bond acceptors (Lipinski definition) is 8. The molecule has 1 unspecified atom stereocenters. The zero-order chi connectivity index (χ0) is 22.1. The summed E-state index contributed by atoms with van der Waals surface area (Å²) < 4.78 is 0.829. The van der Waals surface area contributed by atoms with E-state index in [1.807, 2.05) is 0 Å². The van der Waals surface area contributed by atoms with Crippen LogP contribution >= 0.6 is 46.3 Å². The molecule has 0 amide bonds. The van der Waals surface area contributed by atoms with E-state index in [1.54, 1.807) is 34.9 Å². The molecule has 6 nitrogen and oxygen atoms in total. The summed E-state index contributed by atoms with van der Waals surface area (Å²) >= 11 is 15.6. The molecule has 2 aromatic rings. The van der Waals surface area contributed by atoms with Crippen LogP contribution in [-0.2, 0) is 4.79 Å². The Hall–Kier alpha value is -2.05. The van der Waals surface area contributed by atoms with Gasteiger partial charge in [0.2, 0.25) is 5.13 Å². The number of anilines is 1. The van der Waals surface area contributed by atoms with Gasteiger partial charge in [-0.1, -0.05) is 59.3 Å². The largest absolute Gasteiger partial charge is 0.384 e. The lowest BCUT2D eigenvalue weighted by Gasteiger charge is -2.38. The minimum atomic E-state index is -0.629. The van der Waals surface area contributed by atoms with Crippen molar-refractivity contribution in [1.82, 2.24) is 10.2 Å². The van der Waals surface area contributed by atoms with Gasteiger partial charge in [-0.2, -0.15) is 5.26 Å². The van der Waals surface area contributed by atoms with Crippen LogP contribution in [0.25, 0.3) is 0 Å². The molecule has 2 heterocycles. The molecular formula is C21H19Cl2N5OS2. The van der Waals surface area contributed by atoms with Gasteiger partial charge >= 0.3 is 0 Å². The Balaban J connectivity index is 1.88. The number of benzene rings is 1. The minimum absolute atomic E-state index is 0.00684. The lowest BCUT2D eigenvalue weighted by atomic mass is 9.76. The molecule has 2 N–H and O–H groups in total. The van der Waals surface area contributed by atoms with Gasteiger partial charge in [0.1, 0.15) is 5.82 Å². The Bertz CT molecular complexity index is 1150. The quantitative estimate of drug-likeness (QED) is 0.539. The third kappa shape index (κ3) is 4.08. The Morgan fingerprint density at radius 1 is 1.35 bits per heavy atom. The monoisotopic (exact) mass is 491 g/mol. The number of ketones is 1. The zero-order valence-electron chi connectivity index (χ0n) is 16.7. The van der Waals surface area contributed by atoms with Gasteiger partial charge in [-0.25, -0.2) is 0 Å². The molecule has 10 heteroatoms. The highest BCUT2D eigenvalue weighted by Gasteiger charge is 2.41. The summed E-state index contributed by atoms with van der Waals surface area (Å²) in [4.78, 5) is 14.9. The number of allylic oxidation sites excluding steroid dienone is 3. The molecule has 1 aliphatic carbocycles. The predicted octanol–water partition coefficient (Wildman–Crippen LogP) is 5.65. The number of halogens is 2. The lowest BCUT2D eigenvalue weighted by molar-refractivity contribution is -0.116. The molecule has 4 rings (SSSR count). The van der Waals surface area contributed by atoms with E-state index in [9.17, 15) is 10.1 Å². The van der Waals surface area contributed by atoms with E-state index in [0.29, 0.717) is 45.6 Å². The fourth-order valence-electron chi connectivity index (χ4n) is 3.89. The maximum atomic E-state index is 13.1. The fraction of sp³-hybridized carbons (Fsp3) is 0.333. The first-order chi connectivity index (χ1) is 15.0. The van der Waals surface area contributed by atoms with Crippen molar-refractivity contribution in [3.8, 4) is 6.07 Å². The minimum Gasteiger partial charge on any atom is -0.384 e. The molecule has 1 aromatic heterocycles. The molecule has 1 atom stereocenters. The average molecular weight is 492 g/mol. The number of rotatable bonds is 5. The number of hydrogen-bond donors (Lipinski definition) is 1. The Labute approximate surface area is 198 Å². The van der Waals surface area contributed by atoms with E-state index in [4.69, 9.17) is 28.9 Å². The zero-order valence-corrected chi connectivity index (χ0v) is 19.8. The molecule has 1 aliphatic heterocycles. The van der Waals surface area contributed by atoms with Crippen molar-refractivity contribution in [2.45, 2.75) is 42.9 Å². The average Bonchev–Trinajstić information content (AvgIpc) is 3.20. The third-order valence-corrected chi connectivity index (χ3v) is 8.01. The molecule has 0 saturated carbocycles. The van der Waals surface area contributed by atoms with Crippen molar-refractivity contribution in [3.05, 3.63) is 56.5 Å². The van der Waals surface area contributed by atoms with Gasteiger partial charge in [-0.05, 0) is 37.0 Å². The number of aromatic nitrogens is 2. The van der Waals surface area contributed by atoms with Crippen molar-refractivity contribution in [2.24, 2.45) is 5.73 Å². The summed E-state index contributed by atoms with van der Waals surface area (Å²) in [5, 5.41) is 20.1. The molecule has 0 saturated heterocycles. The van der Waals surface area contributed by atoms with Crippen LogP contribution in [0.3, 0.4) is 0 Å². The number of thioether (sulfide) groups is 1. The van der Waals surface area contributed by atoms with Gasteiger partial charge in [0.05, 0.1) is 17.6 Å². The van der Waals surface area contributed by atoms with E-state index >= 15 is 0 Å².